The second-order valence-corrected chi connectivity index (χ2v) is 9.23. The zero-order valence-corrected chi connectivity index (χ0v) is 17.0. The number of benzene rings is 2. The van der Waals surface area contributed by atoms with Gasteiger partial charge in [0, 0.05) is 17.3 Å². The Morgan fingerprint density at radius 2 is 1.97 bits per heavy atom. The normalized spacial score (nSPS) is 20.4. The fourth-order valence-electron chi connectivity index (χ4n) is 3.74. The monoisotopic (exact) mass is 415 g/mol. The van der Waals surface area contributed by atoms with Crippen molar-refractivity contribution in [1.82, 2.24) is 0 Å². The van der Waals surface area contributed by atoms with E-state index in [1.165, 1.54) is 10.6 Å². The molecule has 0 bridgehead atoms. The number of nitrogens with zero attached hydrogens (tertiary/aromatic N) is 1. The first-order chi connectivity index (χ1) is 13.6. The van der Waals surface area contributed by atoms with Crippen LogP contribution in [0.15, 0.2) is 36.4 Å². The largest absolute Gasteiger partial charge is 0.479 e. The van der Waals surface area contributed by atoms with Gasteiger partial charge in [0.15, 0.2) is 6.10 Å². The lowest BCUT2D eigenvalue weighted by Crippen LogP contribution is -2.34. The molecule has 9 heteroatoms. The maximum absolute atomic E-state index is 12.7. The first kappa shape index (κ1) is 19.3. The number of carbonyl (C=O) groups excluding carboxylic acids is 2. The minimum atomic E-state index is -3.38. The summed E-state index contributed by atoms with van der Waals surface area (Å²) in [7, 11) is -3.38. The lowest BCUT2D eigenvalue weighted by Gasteiger charge is -2.23. The topological polar surface area (TPSA) is 105 Å². The third-order valence-corrected chi connectivity index (χ3v) is 6.29. The summed E-state index contributed by atoms with van der Waals surface area (Å²) in [4.78, 5) is 24.5. The highest BCUT2D eigenvalue weighted by Gasteiger charge is 2.33. The Morgan fingerprint density at radius 1 is 1.21 bits per heavy atom. The van der Waals surface area contributed by atoms with Crippen LogP contribution >= 0.6 is 0 Å². The molecule has 0 aromatic heterocycles. The van der Waals surface area contributed by atoms with Crippen molar-refractivity contribution >= 4 is 38.9 Å². The van der Waals surface area contributed by atoms with E-state index >= 15 is 0 Å². The molecule has 0 saturated heterocycles. The van der Waals surface area contributed by atoms with Gasteiger partial charge in [-0.25, -0.2) is 8.42 Å². The predicted octanol–water partition coefficient (Wildman–Crippen LogP) is 2.37. The van der Waals surface area contributed by atoms with Crippen LogP contribution < -0.4 is 19.7 Å². The van der Waals surface area contributed by atoms with Crippen LogP contribution in [0.5, 0.6) is 5.75 Å². The fraction of sp³-hybridized carbons (Fsp3) is 0.300. The summed E-state index contributed by atoms with van der Waals surface area (Å²) in [5.41, 5.74) is 2.87. The summed E-state index contributed by atoms with van der Waals surface area (Å²) in [5.74, 6) is -0.0266. The third-order valence-electron chi connectivity index (χ3n) is 5.02. The van der Waals surface area contributed by atoms with E-state index in [1.54, 1.807) is 43.3 Å². The van der Waals surface area contributed by atoms with Crippen molar-refractivity contribution < 1.29 is 22.7 Å². The van der Waals surface area contributed by atoms with Crippen LogP contribution in [0.2, 0.25) is 0 Å². The molecule has 2 aromatic carbocycles. The van der Waals surface area contributed by atoms with Gasteiger partial charge < -0.3 is 15.4 Å². The van der Waals surface area contributed by atoms with Crippen LogP contribution in [0.25, 0.3) is 0 Å². The molecule has 2 aliphatic rings. The zero-order chi connectivity index (χ0) is 20.9. The van der Waals surface area contributed by atoms with Crippen LogP contribution in [-0.4, -0.2) is 38.6 Å². The first-order valence-electron chi connectivity index (χ1n) is 9.19. The second-order valence-electron chi connectivity index (χ2n) is 7.37. The van der Waals surface area contributed by atoms with Gasteiger partial charge in [0.25, 0.3) is 11.8 Å². The number of hydrogen-bond acceptors (Lipinski definition) is 5. The summed E-state index contributed by atoms with van der Waals surface area (Å²) in [6.07, 6.45) is 1.16. The van der Waals surface area contributed by atoms with Gasteiger partial charge in [-0.1, -0.05) is 0 Å². The molecular weight excluding hydrogens is 394 g/mol. The quantitative estimate of drug-likeness (QED) is 0.801. The Labute approximate surface area is 168 Å². The molecule has 2 atom stereocenters. The molecule has 2 aliphatic heterocycles. The molecule has 2 aromatic rings. The van der Waals surface area contributed by atoms with Crippen molar-refractivity contribution in [3.8, 4) is 5.75 Å². The molecule has 2 N–H and O–H groups in total. The number of sulfonamides is 1. The molecule has 0 spiro atoms. The summed E-state index contributed by atoms with van der Waals surface area (Å²) in [6.45, 7) is 3.50. The Kier molecular flexibility index (Phi) is 4.49. The predicted molar refractivity (Wildman–Crippen MR) is 110 cm³/mol. The van der Waals surface area contributed by atoms with E-state index in [9.17, 15) is 18.0 Å². The van der Waals surface area contributed by atoms with E-state index < -0.39 is 16.1 Å². The fourth-order valence-corrected chi connectivity index (χ4v) is 5.00. The molecule has 0 unspecified atom stereocenters. The van der Waals surface area contributed by atoms with Crippen molar-refractivity contribution in [2.24, 2.45) is 0 Å². The molecule has 0 aliphatic carbocycles. The number of ether oxygens (including phenoxy) is 1. The van der Waals surface area contributed by atoms with Gasteiger partial charge in [-0.3, -0.25) is 13.9 Å². The number of amides is 2. The highest BCUT2D eigenvalue weighted by molar-refractivity contribution is 7.92. The average Bonchev–Trinajstić information content (AvgIpc) is 2.98. The van der Waals surface area contributed by atoms with Gasteiger partial charge >= 0.3 is 0 Å². The van der Waals surface area contributed by atoms with E-state index in [0.717, 1.165) is 5.56 Å². The van der Waals surface area contributed by atoms with Crippen molar-refractivity contribution in [3.63, 3.8) is 0 Å². The van der Waals surface area contributed by atoms with Crippen molar-refractivity contribution in [3.05, 3.63) is 47.5 Å². The molecule has 8 nitrogen and oxygen atoms in total. The molecule has 0 saturated carbocycles. The van der Waals surface area contributed by atoms with Crippen LogP contribution in [0.4, 0.5) is 17.1 Å². The maximum atomic E-state index is 12.7. The van der Waals surface area contributed by atoms with Gasteiger partial charge in [-0.15, -0.1) is 0 Å². The van der Waals surface area contributed by atoms with Gasteiger partial charge in [-0.2, -0.15) is 0 Å². The van der Waals surface area contributed by atoms with Gasteiger partial charge in [0.1, 0.15) is 5.75 Å². The third kappa shape index (κ3) is 3.53. The number of rotatable bonds is 3. The maximum Gasteiger partial charge on any atom is 0.265 e. The molecule has 2 heterocycles. The van der Waals surface area contributed by atoms with E-state index in [-0.39, 0.29) is 17.9 Å². The highest BCUT2D eigenvalue weighted by atomic mass is 32.2. The van der Waals surface area contributed by atoms with Gasteiger partial charge in [-0.05, 0) is 62.2 Å². The molecular formula is C20H21N3O5S. The Bertz CT molecular complexity index is 1130. The summed E-state index contributed by atoms with van der Waals surface area (Å²) < 4.78 is 31.0. The Morgan fingerprint density at radius 3 is 2.69 bits per heavy atom. The number of nitrogens with one attached hydrogen (secondary N) is 2. The van der Waals surface area contributed by atoms with Crippen LogP contribution in [0.3, 0.4) is 0 Å². The van der Waals surface area contributed by atoms with Gasteiger partial charge in [0.05, 0.1) is 17.6 Å². The number of fused-ring (bicyclic) bond motifs is 2. The standard InChI is InChI=1S/C20H21N3O5S/c1-11-8-14-9-13(4-6-17(14)23(11)29(3,26)27)20(25)21-15-5-7-18-16(10-15)22-19(24)12(2)28-18/h4-7,9-12H,8H2,1-3H3,(H,21,25)(H,22,24)/t11-,12+/m1/s1. The zero-order valence-electron chi connectivity index (χ0n) is 16.2. The van der Waals surface area contributed by atoms with Crippen molar-refractivity contribution in [2.45, 2.75) is 32.4 Å². The van der Waals surface area contributed by atoms with E-state index in [0.29, 0.717) is 34.8 Å². The minimum absolute atomic E-state index is 0.190. The summed E-state index contributed by atoms with van der Waals surface area (Å²) in [5, 5.41) is 5.54. The van der Waals surface area contributed by atoms with Crippen LogP contribution in [0, 0.1) is 0 Å². The first-order valence-corrected chi connectivity index (χ1v) is 11.0. The van der Waals surface area contributed by atoms with Crippen LogP contribution in [0.1, 0.15) is 29.8 Å². The highest BCUT2D eigenvalue weighted by Crippen LogP contribution is 2.35. The van der Waals surface area contributed by atoms with E-state index in [2.05, 4.69) is 10.6 Å². The molecule has 152 valence electrons. The van der Waals surface area contributed by atoms with Gasteiger partial charge in [0.2, 0.25) is 10.0 Å². The smallest absolute Gasteiger partial charge is 0.265 e. The lowest BCUT2D eigenvalue weighted by atomic mass is 10.1. The molecule has 0 fully saturated rings. The lowest BCUT2D eigenvalue weighted by molar-refractivity contribution is -0.122. The second kappa shape index (κ2) is 6.77. The SMILES string of the molecule is C[C@@H]1Oc2ccc(NC(=O)c3ccc4c(c3)C[C@@H](C)N4S(C)(=O)=O)cc2NC1=O. The molecule has 4 rings (SSSR count). The average molecular weight is 415 g/mol. The Hall–Kier alpha value is -3.07. The van der Waals surface area contributed by atoms with Crippen molar-refractivity contribution in [2.75, 3.05) is 21.2 Å². The molecule has 2 amide bonds. The number of hydrogen-bond donors (Lipinski definition) is 2. The summed E-state index contributed by atoms with van der Waals surface area (Å²) >= 11 is 0. The van der Waals surface area contributed by atoms with E-state index in [1.807, 2.05) is 6.92 Å². The van der Waals surface area contributed by atoms with E-state index in [4.69, 9.17) is 4.74 Å². The Balaban J connectivity index is 1.56. The summed E-state index contributed by atoms with van der Waals surface area (Å²) in [6, 6.07) is 9.82. The molecule has 0 radical (unpaired) electrons. The molecule has 29 heavy (non-hydrogen) atoms. The van der Waals surface area contributed by atoms with Crippen LogP contribution in [-0.2, 0) is 21.2 Å². The number of anilines is 3. The minimum Gasteiger partial charge on any atom is -0.479 e. The van der Waals surface area contributed by atoms with Crippen molar-refractivity contribution in [1.29, 1.82) is 0 Å². The number of carbonyl (C=O) groups is 2.